The lowest BCUT2D eigenvalue weighted by Crippen LogP contribution is -2.48. The summed E-state index contributed by atoms with van der Waals surface area (Å²) < 4.78 is 29.7. The van der Waals surface area contributed by atoms with Crippen molar-refractivity contribution in [3.05, 3.63) is 53.6 Å². The van der Waals surface area contributed by atoms with E-state index in [1.165, 1.54) is 30.4 Å². The first kappa shape index (κ1) is 21.3. The molecule has 1 aliphatic carbocycles. The Bertz CT molecular complexity index is 805. The summed E-state index contributed by atoms with van der Waals surface area (Å²) in [4.78, 5) is 0.243. The van der Waals surface area contributed by atoms with E-state index in [2.05, 4.69) is 30.5 Å². The van der Waals surface area contributed by atoms with Gasteiger partial charge in [-0.15, -0.1) is 0 Å². The van der Waals surface area contributed by atoms with E-state index in [0.29, 0.717) is 6.04 Å². The summed E-state index contributed by atoms with van der Waals surface area (Å²) in [6, 6.07) is 7.73. The molecule has 1 aliphatic heterocycles. The number of unbranched alkanes of at least 4 members (excludes halogenated alkanes) is 1. The summed E-state index contributed by atoms with van der Waals surface area (Å²) in [7, 11) is -3.66. The average molecular weight is 404 g/mol. The molecule has 1 unspecified atom stereocenters. The third-order valence-electron chi connectivity index (χ3n) is 5.90. The highest BCUT2D eigenvalue weighted by Crippen LogP contribution is 2.41. The summed E-state index contributed by atoms with van der Waals surface area (Å²) in [5, 5.41) is 3.74. The summed E-state index contributed by atoms with van der Waals surface area (Å²) in [5.74, 6) is 0. The molecule has 4 nitrogen and oxygen atoms in total. The quantitative estimate of drug-likeness (QED) is 0.502. The second kappa shape index (κ2) is 9.38. The lowest BCUT2D eigenvalue weighted by atomic mass is 9.67. The first-order valence-electron chi connectivity index (χ1n) is 10.5. The van der Waals surface area contributed by atoms with E-state index in [1.54, 1.807) is 12.1 Å². The number of hydrogen-bond donors (Lipinski definition) is 1. The van der Waals surface area contributed by atoms with E-state index in [-0.39, 0.29) is 16.9 Å². The van der Waals surface area contributed by atoms with Crippen molar-refractivity contribution in [2.45, 2.75) is 69.7 Å². The summed E-state index contributed by atoms with van der Waals surface area (Å²) >= 11 is 0. The third-order valence-corrected chi connectivity index (χ3v) is 7.23. The zero-order valence-corrected chi connectivity index (χ0v) is 17.9. The molecule has 0 aromatic heterocycles. The third kappa shape index (κ3) is 5.13. The number of benzene rings is 1. The zero-order chi connectivity index (χ0) is 20.0. The van der Waals surface area contributed by atoms with E-state index in [4.69, 9.17) is 4.18 Å². The Labute approximate surface area is 170 Å². The van der Waals surface area contributed by atoms with Crippen LogP contribution in [-0.2, 0) is 20.7 Å². The van der Waals surface area contributed by atoms with Gasteiger partial charge < -0.3 is 5.32 Å². The highest BCUT2D eigenvalue weighted by molar-refractivity contribution is 7.86. The van der Waals surface area contributed by atoms with Gasteiger partial charge in [0.1, 0.15) is 0 Å². The minimum Gasteiger partial charge on any atom is -0.313 e. The molecule has 1 aromatic rings. The Balaban J connectivity index is 1.76. The Hall–Kier alpha value is -1.43. The van der Waals surface area contributed by atoms with Crippen LogP contribution < -0.4 is 5.32 Å². The first-order valence-corrected chi connectivity index (χ1v) is 11.9. The maximum Gasteiger partial charge on any atom is 0.296 e. The van der Waals surface area contributed by atoms with E-state index >= 15 is 0 Å². The Morgan fingerprint density at radius 2 is 2.00 bits per heavy atom. The molecular weight excluding hydrogens is 370 g/mol. The molecule has 5 heteroatoms. The normalized spacial score (nSPS) is 25.5. The predicted molar refractivity (Wildman–Crippen MR) is 114 cm³/mol. The fourth-order valence-electron chi connectivity index (χ4n) is 4.40. The molecule has 2 atom stereocenters. The van der Waals surface area contributed by atoms with Gasteiger partial charge in [-0.1, -0.05) is 55.7 Å². The van der Waals surface area contributed by atoms with Gasteiger partial charge in [-0.05, 0) is 63.3 Å². The molecule has 0 radical (unpaired) electrons. The molecule has 0 spiro atoms. The van der Waals surface area contributed by atoms with Gasteiger partial charge in [0, 0.05) is 11.5 Å². The number of allylic oxidation sites excluding steroid dienone is 3. The van der Waals surface area contributed by atoms with Crippen molar-refractivity contribution in [2.75, 3.05) is 13.2 Å². The molecule has 1 aromatic carbocycles. The molecule has 0 bridgehead atoms. The lowest BCUT2D eigenvalue weighted by Gasteiger charge is -2.43. The summed E-state index contributed by atoms with van der Waals surface area (Å²) in [6.45, 7) is 5.53. The Morgan fingerprint density at radius 1 is 1.21 bits per heavy atom. The van der Waals surface area contributed by atoms with E-state index in [9.17, 15) is 8.42 Å². The molecule has 154 valence electrons. The van der Waals surface area contributed by atoms with Gasteiger partial charge >= 0.3 is 0 Å². The van der Waals surface area contributed by atoms with Crippen LogP contribution in [0.4, 0.5) is 0 Å². The molecule has 2 aliphatic rings. The SMILES string of the molecule is CCCCOS(=O)(=O)c1ccc(C[C@@]2(C3CCCCN3)C=CC=C(C)C2)cc1. The van der Waals surface area contributed by atoms with Crippen LogP contribution in [0.25, 0.3) is 0 Å². The molecule has 1 saturated heterocycles. The largest absolute Gasteiger partial charge is 0.313 e. The smallest absolute Gasteiger partial charge is 0.296 e. The van der Waals surface area contributed by atoms with Crippen molar-refractivity contribution in [3.8, 4) is 0 Å². The summed E-state index contributed by atoms with van der Waals surface area (Å²) in [5.41, 5.74) is 2.62. The topological polar surface area (TPSA) is 55.4 Å². The molecule has 1 heterocycles. The highest BCUT2D eigenvalue weighted by Gasteiger charge is 2.38. The summed E-state index contributed by atoms with van der Waals surface area (Å²) in [6.07, 6.45) is 14.1. The molecule has 0 saturated carbocycles. The van der Waals surface area contributed by atoms with Gasteiger partial charge in [-0.3, -0.25) is 4.18 Å². The van der Waals surface area contributed by atoms with E-state index in [1.807, 2.05) is 19.1 Å². The number of hydrogen-bond acceptors (Lipinski definition) is 4. The molecule has 0 amide bonds. The Kier molecular flexibility index (Phi) is 7.13. The van der Waals surface area contributed by atoms with E-state index < -0.39 is 10.1 Å². The lowest BCUT2D eigenvalue weighted by molar-refractivity contribution is 0.210. The van der Waals surface area contributed by atoms with Crippen LogP contribution in [0, 0.1) is 5.41 Å². The zero-order valence-electron chi connectivity index (χ0n) is 17.1. The number of nitrogens with one attached hydrogen (secondary N) is 1. The maximum absolute atomic E-state index is 12.3. The second-order valence-electron chi connectivity index (χ2n) is 8.23. The van der Waals surface area contributed by atoms with Gasteiger partial charge in [0.15, 0.2) is 0 Å². The van der Waals surface area contributed by atoms with Gasteiger partial charge in [-0.25, -0.2) is 0 Å². The van der Waals surface area contributed by atoms with Crippen molar-refractivity contribution < 1.29 is 12.6 Å². The van der Waals surface area contributed by atoms with Crippen molar-refractivity contribution in [2.24, 2.45) is 5.41 Å². The van der Waals surface area contributed by atoms with Crippen LogP contribution in [0.5, 0.6) is 0 Å². The number of piperidine rings is 1. The van der Waals surface area contributed by atoms with Crippen LogP contribution >= 0.6 is 0 Å². The second-order valence-corrected chi connectivity index (χ2v) is 9.85. The van der Waals surface area contributed by atoms with Crippen molar-refractivity contribution in [1.29, 1.82) is 0 Å². The van der Waals surface area contributed by atoms with Crippen molar-refractivity contribution >= 4 is 10.1 Å². The van der Waals surface area contributed by atoms with Gasteiger partial charge in [0.25, 0.3) is 10.1 Å². The van der Waals surface area contributed by atoms with Crippen LogP contribution in [0.2, 0.25) is 0 Å². The molecule has 1 fully saturated rings. The first-order chi connectivity index (χ1) is 13.5. The minimum absolute atomic E-state index is 0.0528. The fraction of sp³-hybridized carbons (Fsp3) is 0.565. The number of rotatable bonds is 8. The average Bonchev–Trinajstić information content (AvgIpc) is 2.69. The van der Waals surface area contributed by atoms with Crippen LogP contribution in [0.15, 0.2) is 53.0 Å². The molecule has 1 N–H and O–H groups in total. The molecule has 28 heavy (non-hydrogen) atoms. The van der Waals surface area contributed by atoms with Gasteiger partial charge in [-0.2, -0.15) is 8.42 Å². The van der Waals surface area contributed by atoms with Crippen LogP contribution in [0.3, 0.4) is 0 Å². The van der Waals surface area contributed by atoms with E-state index in [0.717, 1.165) is 32.2 Å². The van der Waals surface area contributed by atoms with Crippen molar-refractivity contribution in [3.63, 3.8) is 0 Å². The molecule has 3 rings (SSSR count). The minimum atomic E-state index is -3.66. The predicted octanol–water partition coefficient (Wildman–Crippen LogP) is 4.77. The van der Waals surface area contributed by atoms with Crippen LogP contribution in [-0.4, -0.2) is 27.6 Å². The van der Waals surface area contributed by atoms with Crippen molar-refractivity contribution in [1.82, 2.24) is 5.32 Å². The highest BCUT2D eigenvalue weighted by atomic mass is 32.2. The monoisotopic (exact) mass is 403 g/mol. The van der Waals surface area contributed by atoms with Crippen LogP contribution in [0.1, 0.15) is 57.9 Å². The Morgan fingerprint density at radius 3 is 2.64 bits per heavy atom. The standard InChI is InChI=1S/C23H33NO3S/c1-3-4-16-27-28(25,26)21-12-10-20(11-13-21)18-23(14-7-8-19(2)17-23)22-9-5-6-15-24-22/h7-8,10-14,22,24H,3-6,9,15-18H2,1-2H3/t22?,23-/m1/s1. The molecular formula is C23H33NO3S. The van der Waals surface area contributed by atoms with Gasteiger partial charge in [0.2, 0.25) is 0 Å². The van der Waals surface area contributed by atoms with Gasteiger partial charge in [0.05, 0.1) is 11.5 Å². The maximum atomic E-state index is 12.3. The fourth-order valence-corrected chi connectivity index (χ4v) is 5.35.